The first-order valence-corrected chi connectivity index (χ1v) is 7.54. The highest BCUT2D eigenvalue weighted by molar-refractivity contribution is 8.00. The van der Waals surface area contributed by atoms with Crippen molar-refractivity contribution in [3.8, 4) is 0 Å². The van der Waals surface area contributed by atoms with Gasteiger partial charge in [-0.05, 0) is 30.7 Å². The van der Waals surface area contributed by atoms with Crippen molar-refractivity contribution >= 4 is 29.5 Å². The highest BCUT2D eigenvalue weighted by atomic mass is 32.2. The Bertz CT molecular complexity index is 545. The molecule has 104 valence electrons. The van der Waals surface area contributed by atoms with Gasteiger partial charge in [0.1, 0.15) is 5.25 Å². The van der Waals surface area contributed by atoms with Crippen LogP contribution in [0.3, 0.4) is 0 Å². The number of hydroxylamine groups is 2. The molecule has 6 heteroatoms. The van der Waals surface area contributed by atoms with Crippen molar-refractivity contribution in [1.82, 2.24) is 5.06 Å². The third kappa shape index (κ3) is 2.20. The molecule has 1 saturated heterocycles. The molecule has 0 bridgehead atoms. The molecule has 1 aromatic carbocycles. The van der Waals surface area contributed by atoms with Crippen molar-refractivity contribution in [2.45, 2.75) is 24.5 Å². The lowest BCUT2D eigenvalue weighted by molar-refractivity contribution is -0.168. The first-order chi connectivity index (χ1) is 9.68. The van der Waals surface area contributed by atoms with Crippen LogP contribution in [0.15, 0.2) is 24.3 Å². The molecule has 1 aromatic rings. The van der Waals surface area contributed by atoms with Gasteiger partial charge in [-0.15, -0.1) is 11.8 Å². The summed E-state index contributed by atoms with van der Waals surface area (Å²) in [5.74, 6) is -0.745. The highest BCUT2D eigenvalue weighted by Gasteiger charge is 2.39. The van der Waals surface area contributed by atoms with E-state index in [0.717, 1.165) is 25.0 Å². The van der Waals surface area contributed by atoms with Crippen molar-refractivity contribution in [3.05, 3.63) is 35.4 Å². The minimum atomic E-state index is -0.570. The predicted molar refractivity (Wildman–Crippen MR) is 73.1 cm³/mol. The average molecular weight is 291 g/mol. The molecule has 0 aliphatic carbocycles. The van der Waals surface area contributed by atoms with Crippen LogP contribution in [0.2, 0.25) is 0 Å². The monoisotopic (exact) mass is 291 g/mol. The lowest BCUT2D eigenvalue weighted by Gasteiger charge is -2.21. The van der Waals surface area contributed by atoms with Crippen LogP contribution in [0.25, 0.3) is 0 Å². The van der Waals surface area contributed by atoms with Crippen molar-refractivity contribution in [1.29, 1.82) is 0 Å². The van der Waals surface area contributed by atoms with Gasteiger partial charge in [-0.3, -0.25) is 9.59 Å². The van der Waals surface area contributed by atoms with Gasteiger partial charge >= 0.3 is 5.97 Å². The van der Waals surface area contributed by atoms with E-state index in [0.29, 0.717) is 5.06 Å². The van der Waals surface area contributed by atoms with Crippen LogP contribution in [0.4, 0.5) is 0 Å². The van der Waals surface area contributed by atoms with Crippen molar-refractivity contribution in [2.24, 2.45) is 0 Å². The normalized spacial score (nSPS) is 21.8. The summed E-state index contributed by atoms with van der Waals surface area (Å²) in [6.07, 6.45) is 2.78. The Morgan fingerprint density at radius 1 is 1.15 bits per heavy atom. The fourth-order valence-corrected chi connectivity index (χ4v) is 3.49. The molecule has 0 spiro atoms. The quantitative estimate of drug-likeness (QED) is 0.780. The summed E-state index contributed by atoms with van der Waals surface area (Å²) in [6.45, 7) is 0. The van der Waals surface area contributed by atoms with E-state index in [9.17, 15) is 14.4 Å². The second kappa shape index (κ2) is 5.28. The number of carbonyl (C=O) groups is 3. The molecule has 2 heterocycles. The summed E-state index contributed by atoms with van der Waals surface area (Å²) >= 11 is 1.52. The zero-order chi connectivity index (χ0) is 14.1. The maximum atomic E-state index is 12.0. The molecule has 0 aromatic heterocycles. The van der Waals surface area contributed by atoms with Crippen molar-refractivity contribution < 1.29 is 19.2 Å². The van der Waals surface area contributed by atoms with E-state index >= 15 is 0 Å². The molecule has 1 unspecified atom stereocenters. The van der Waals surface area contributed by atoms with E-state index in [1.807, 2.05) is 0 Å². The maximum Gasteiger partial charge on any atom is 0.346 e. The van der Waals surface area contributed by atoms with Gasteiger partial charge in [0, 0.05) is 0 Å². The Morgan fingerprint density at radius 3 is 2.35 bits per heavy atom. The molecule has 0 N–H and O–H groups in total. The molecule has 1 atom stereocenters. The first-order valence-electron chi connectivity index (χ1n) is 6.49. The fourth-order valence-electron chi connectivity index (χ4n) is 2.33. The number of carbonyl (C=O) groups excluding carboxylic acids is 3. The number of thioether (sulfide) groups is 1. The van der Waals surface area contributed by atoms with Gasteiger partial charge in [-0.1, -0.05) is 23.6 Å². The third-order valence-corrected chi connectivity index (χ3v) is 4.74. The number of imide groups is 1. The summed E-state index contributed by atoms with van der Waals surface area (Å²) in [6, 6.07) is 6.45. The molecule has 20 heavy (non-hydrogen) atoms. The molecular formula is C14H13NO4S. The largest absolute Gasteiger partial charge is 0.346 e. The number of hydrogen-bond donors (Lipinski definition) is 0. The van der Waals surface area contributed by atoms with E-state index in [4.69, 9.17) is 4.84 Å². The highest BCUT2D eigenvalue weighted by Crippen LogP contribution is 2.28. The Balaban J connectivity index is 1.74. The van der Waals surface area contributed by atoms with Crippen LogP contribution in [0.5, 0.6) is 0 Å². The van der Waals surface area contributed by atoms with Crippen LogP contribution >= 0.6 is 11.8 Å². The molecule has 3 rings (SSSR count). The fraction of sp³-hybridized carbons (Fsp3) is 0.357. The van der Waals surface area contributed by atoms with Gasteiger partial charge in [0.2, 0.25) is 0 Å². The average Bonchev–Trinajstić information content (AvgIpc) is 2.74. The third-order valence-electron chi connectivity index (χ3n) is 3.38. The van der Waals surface area contributed by atoms with Crippen LogP contribution < -0.4 is 0 Å². The number of amides is 2. The SMILES string of the molecule is O=C(ON1C(=O)c2ccccc2C1=O)C1CCCCS1. The maximum absolute atomic E-state index is 12.0. The van der Waals surface area contributed by atoms with Gasteiger partial charge in [-0.2, -0.15) is 0 Å². The Hall–Kier alpha value is -1.82. The first kappa shape index (κ1) is 13.2. The lowest BCUT2D eigenvalue weighted by Crippen LogP contribution is -2.36. The minimum absolute atomic E-state index is 0.279. The second-order valence-corrected chi connectivity index (χ2v) is 6.03. The second-order valence-electron chi connectivity index (χ2n) is 4.72. The molecular weight excluding hydrogens is 278 g/mol. The Labute approximate surface area is 120 Å². The van der Waals surface area contributed by atoms with Gasteiger partial charge in [0.25, 0.3) is 11.8 Å². The van der Waals surface area contributed by atoms with Gasteiger partial charge < -0.3 is 4.84 Å². The standard InChI is InChI=1S/C14H13NO4S/c16-12-9-5-1-2-6-10(9)13(17)15(12)19-14(18)11-7-3-4-8-20-11/h1-2,5-6,11H,3-4,7-8H2. The summed E-state index contributed by atoms with van der Waals surface area (Å²) < 4.78 is 0. The molecule has 0 saturated carbocycles. The van der Waals surface area contributed by atoms with E-state index in [1.54, 1.807) is 24.3 Å². The molecule has 5 nitrogen and oxygen atoms in total. The zero-order valence-electron chi connectivity index (χ0n) is 10.7. The van der Waals surface area contributed by atoms with E-state index in [2.05, 4.69) is 0 Å². The molecule has 2 aliphatic heterocycles. The minimum Gasteiger partial charge on any atom is -0.328 e. The van der Waals surface area contributed by atoms with Crippen LogP contribution in [-0.2, 0) is 9.63 Å². The van der Waals surface area contributed by atoms with Gasteiger partial charge in [0.15, 0.2) is 0 Å². The van der Waals surface area contributed by atoms with E-state index in [1.165, 1.54) is 11.8 Å². The summed E-state index contributed by atoms with van der Waals surface area (Å²) in [5, 5.41) is 0.301. The lowest BCUT2D eigenvalue weighted by atomic mass is 10.1. The van der Waals surface area contributed by atoms with Crippen LogP contribution in [-0.4, -0.2) is 33.8 Å². The Morgan fingerprint density at radius 2 is 1.80 bits per heavy atom. The summed E-state index contributed by atoms with van der Waals surface area (Å²) in [7, 11) is 0. The molecule has 2 aliphatic rings. The van der Waals surface area contributed by atoms with Crippen LogP contribution in [0.1, 0.15) is 40.0 Å². The number of fused-ring (bicyclic) bond motifs is 1. The number of benzene rings is 1. The van der Waals surface area contributed by atoms with Crippen LogP contribution in [0, 0.1) is 0 Å². The zero-order valence-corrected chi connectivity index (χ0v) is 11.5. The summed E-state index contributed by atoms with van der Waals surface area (Å²) in [5.41, 5.74) is 0.559. The molecule has 1 fully saturated rings. The number of nitrogens with zero attached hydrogens (tertiary/aromatic N) is 1. The van der Waals surface area contributed by atoms with Gasteiger partial charge in [-0.25, -0.2) is 4.79 Å². The molecule has 0 radical (unpaired) electrons. The summed E-state index contributed by atoms with van der Waals surface area (Å²) in [4.78, 5) is 41.1. The Kier molecular flexibility index (Phi) is 3.48. The van der Waals surface area contributed by atoms with Crippen molar-refractivity contribution in [2.75, 3.05) is 5.75 Å². The van der Waals surface area contributed by atoms with Gasteiger partial charge in [0.05, 0.1) is 11.1 Å². The van der Waals surface area contributed by atoms with Crippen molar-refractivity contribution in [3.63, 3.8) is 0 Å². The molecule has 2 amide bonds. The topological polar surface area (TPSA) is 63.7 Å². The predicted octanol–water partition coefficient (Wildman–Crippen LogP) is 2.03. The number of hydrogen-bond acceptors (Lipinski definition) is 5. The van der Waals surface area contributed by atoms with E-state index < -0.39 is 17.8 Å². The number of rotatable bonds is 2. The van der Waals surface area contributed by atoms with E-state index in [-0.39, 0.29) is 16.4 Å². The smallest absolute Gasteiger partial charge is 0.328 e.